The van der Waals surface area contributed by atoms with Crippen LogP contribution in [-0.4, -0.2) is 42.8 Å². The van der Waals surface area contributed by atoms with Gasteiger partial charge < -0.3 is 4.90 Å². The lowest BCUT2D eigenvalue weighted by Crippen LogP contribution is -2.54. The molecule has 0 saturated carbocycles. The molecule has 0 aromatic heterocycles. The standard InChI is InChI=1S/C17H23NO3S/c1-12-13(2)22(20,21)10-9-18(12)17(19)16-8-7-14-5-3-4-6-15(14)11-16/h7-8,11-13H,3-6,9-10H2,1-2H3. The van der Waals surface area contributed by atoms with Crippen molar-refractivity contribution in [1.82, 2.24) is 4.90 Å². The summed E-state index contributed by atoms with van der Waals surface area (Å²) < 4.78 is 23.9. The van der Waals surface area contributed by atoms with Crippen LogP contribution in [0.3, 0.4) is 0 Å². The van der Waals surface area contributed by atoms with E-state index in [1.807, 2.05) is 19.1 Å². The molecule has 0 spiro atoms. The minimum atomic E-state index is -3.07. The van der Waals surface area contributed by atoms with E-state index in [0.717, 1.165) is 12.8 Å². The zero-order valence-corrected chi connectivity index (χ0v) is 14.0. The fourth-order valence-electron chi connectivity index (χ4n) is 3.49. The molecular formula is C17H23NO3S. The Morgan fingerprint density at radius 3 is 2.55 bits per heavy atom. The van der Waals surface area contributed by atoms with Crippen LogP contribution in [-0.2, 0) is 22.7 Å². The monoisotopic (exact) mass is 321 g/mol. The van der Waals surface area contributed by atoms with Gasteiger partial charge in [0.05, 0.1) is 11.0 Å². The molecule has 120 valence electrons. The number of hydrogen-bond acceptors (Lipinski definition) is 3. The number of rotatable bonds is 1. The first-order valence-electron chi connectivity index (χ1n) is 8.04. The SMILES string of the molecule is CC1C(C)S(=O)(=O)CCN1C(=O)c1ccc2c(c1)CCCC2. The molecule has 2 atom stereocenters. The lowest BCUT2D eigenvalue weighted by Gasteiger charge is -2.37. The van der Waals surface area contributed by atoms with Gasteiger partial charge in [0.15, 0.2) is 9.84 Å². The predicted octanol–water partition coefficient (Wildman–Crippen LogP) is 2.21. The van der Waals surface area contributed by atoms with Gasteiger partial charge in [0, 0.05) is 18.2 Å². The number of fused-ring (bicyclic) bond motifs is 1. The highest BCUT2D eigenvalue weighted by Crippen LogP contribution is 2.25. The molecule has 1 aromatic rings. The number of nitrogens with zero attached hydrogens (tertiary/aromatic N) is 1. The molecule has 1 aromatic carbocycles. The zero-order chi connectivity index (χ0) is 15.9. The maximum Gasteiger partial charge on any atom is 0.254 e. The van der Waals surface area contributed by atoms with Crippen molar-refractivity contribution in [3.05, 3.63) is 34.9 Å². The first kappa shape index (κ1) is 15.5. The Morgan fingerprint density at radius 1 is 1.14 bits per heavy atom. The summed E-state index contributed by atoms with van der Waals surface area (Å²) in [6.07, 6.45) is 4.54. The number of benzene rings is 1. The van der Waals surface area contributed by atoms with Gasteiger partial charge in [0.1, 0.15) is 0 Å². The van der Waals surface area contributed by atoms with Gasteiger partial charge in [-0.05, 0) is 62.8 Å². The van der Waals surface area contributed by atoms with Crippen molar-refractivity contribution in [1.29, 1.82) is 0 Å². The van der Waals surface area contributed by atoms with Gasteiger partial charge in [0.25, 0.3) is 5.91 Å². The Hall–Kier alpha value is -1.36. The Kier molecular flexibility index (Phi) is 4.02. The lowest BCUT2D eigenvalue weighted by molar-refractivity contribution is 0.0693. The van der Waals surface area contributed by atoms with E-state index >= 15 is 0 Å². The Morgan fingerprint density at radius 2 is 1.82 bits per heavy atom. The molecule has 1 saturated heterocycles. The molecule has 4 nitrogen and oxygen atoms in total. The lowest BCUT2D eigenvalue weighted by atomic mass is 9.90. The van der Waals surface area contributed by atoms with Crippen molar-refractivity contribution in [2.24, 2.45) is 0 Å². The normalized spacial score (nSPS) is 27.3. The third-order valence-electron chi connectivity index (χ3n) is 5.21. The molecule has 5 heteroatoms. The van der Waals surface area contributed by atoms with Gasteiger partial charge in [0.2, 0.25) is 0 Å². The summed E-state index contributed by atoms with van der Waals surface area (Å²) in [7, 11) is -3.07. The van der Waals surface area contributed by atoms with Crippen LogP contribution in [0.25, 0.3) is 0 Å². The number of hydrogen-bond donors (Lipinski definition) is 0. The summed E-state index contributed by atoms with van der Waals surface area (Å²) >= 11 is 0. The fourth-order valence-corrected chi connectivity index (χ4v) is 5.06. The van der Waals surface area contributed by atoms with Crippen LogP contribution in [0.15, 0.2) is 18.2 Å². The summed E-state index contributed by atoms with van der Waals surface area (Å²) in [6.45, 7) is 3.83. The second-order valence-corrected chi connectivity index (χ2v) is 8.98. The van der Waals surface area contributed by atoms with Crippen LogP contribution in [0.4, 0.5) is 0 Å². The molecule has 1 aliphatic carbocycles. The number of aryl methyl sites for hydroxylation is 2. The molecular weight excluding hydrogens is 298 g/mol. The van der Waals surface area contributed by atoms with Crippen LogP contribution < -0.4 is 0 Å². The quantitative estimate of drug-likeness (QED) is 0.797. The summed E-state index contributed by atoms with van der Waals surface area (Å²) in [5, 5.41) is -0.497. The topological polar surface area (TPSA) is 54.5 Å². The van der Waals surface area contributed by atoms with Gasteiger partial charge in [-0.2, -0.15) is 0 Å². The highest BCUT2D eigenvalue weighted by molar-refractivity contribution is 7.92. The summed E-state index contributed by atoms with van der Waals surface area (Å²) in [6, 6.07) is 5.70. The Balaban J connectivity index is 1.85. The first-order chi connectivity index (χ1) is 10.4. The minimum Gasteiger partial charge on any atom is -0.334 e. The average molecular weight is 321 g/mol. The van der Waals surface area contributed by atoms with E-state index in [1.54, 1.807) is 11.8 Å². The zero-order valence-electron chi connectivity index (χ0n) is 13.2. The molecule has 1 fully saturated rings. The largest absolute Gasteiger partial charge is 0.334 e. The average Bonchev–Trinajstić information content (AvgIpc) is 2.52. The van der Waals surface area contributed by atoms with Crippen molar-refractivity contribution in [3.63, 3.8) is 0 Å². The molecule has 1 amide bonds. The van der Waals surface area contributed by atoms with E-state index in [9.17, 15) is 13.2 Å². The van der Waals surface area contributed by atoms with Crippen molar-refractivity contribution in [2.45, 2.75) is 50.8 Å². The molecule has 2 unspecified atom stereocenters. The van der Waals surface area contributed by atoms with Crippen molar-refractivity contribution in [3.8, 4) is 0 Å². The molecule has 3 rings (SSSR count). The molecule has 0 bridgehead atoms. The smallest absolute Gasteiger partial charge is 0.254 e. The highest BCUT2D eigenvalue weighted by atomic mass is 32.2. The third-order valence-corrected chi connectivity index (χ3v) is 7.49. The maximum absolute atomic E-state index is 12.8. The minimum absolute atomic E-state index is 0.0392. The van der Waals surface area contributed by atoms with E-state index in [0.29, 0.717) is 12.1 Å². The van der Waals surface area contributed by atoms with Gasteiger partial charge in [-0.25, -0.2) is 8.42 Å². The fraction of sp³-hybridized carbons (Fsp3) is 0.588. The van der Waals surface area contributed by atoms with Crippen LogP contribution in [0.1, 0.15) is 48.2 Å². The van der Waals surface area contributed by atoms with Crippen molar-refractivity contribution < 1.29 is 13.2 Å². The predicted molar refractivity (Wildman–Crippen MR) is 86.8 cm³/mol. The van der Waals surface area contributed by atoms with Crippen LogP contribution in [0, 0.1) is 0 Å². The summed E-state index contributed by atoms with van der Waals surface area (Å²) in [4.78, 5) is 14.5. The number of amides is 1. The highest BCUT2D eigenvalue weighted by Gasteiger charge is 2.38. The maximum atomic E-state index is 12.8. The van der Waals surface area contributed by atoms with Crippen LogP contribution in [0.2, 0.25) is 0 Å². The first-order valence-corrected chi connectivity index (χ1v) is 9.76. The Bertz CT molecular complexity index is 696. The van der Waals surface area contributed by atoms with E-state index in [2.05, 4.69) is 6.07 Å². The van der Waals surface area contributed by atoms with Gasteiger partial charge in [-0.1, -0.05) is 6.07 Å². The summed E-state index contributed by atoms with van der Waals surface area (Å²) in [5.41, 5.74) is 3.33. The molecule has 1 heterocycles. The van der Waals surface area contributed by atoms with Crippen LogP contribution >= 0.6 is 0 Å². The van der Waals surface area contributed by atoms with Crippen molar-refractivity contribution in [2.75, 3.05) is 12.3 Å². The molecule has 0 radical (unpaired) electrons. The van der Waals surface area contributed by atoms with Gasteiger partial charge in [-0.3, -0.25) is 4.79 Å². The number of carbonyl (C=O) groups excluding carboxylic acids is 1. The summed E-state index contributed by atoms with van der Waals surface area (Å²) in [5.74, 6) is 0.0254. The number of carbonyl (C=O) groups is 1. The second kappa shape index (κ2) is 5.69. The number of sulfone groups is 1. The molecule has 2 aliphatic rings. The third kappa shape index (κ3) is 2.67. The second-order valence-electron chi connectivity index (χ2n) is 6.50. The Labute approximate surface area is 132 Å². The van der Waals surface area contributed by atoms with E-state index < -0.39 is 15.1 Å². The molecule has 0 N–H and O–H groups in total. The van der Waals surface area contributed by atoms with Crippen LogP contribution in [0.5, 0.6) is 0 Å². The van der Waals surface area contributed by atoms with E-state index in [4.69, 9.17) is 0 Å². The molecule has 22 heavy (non-hydrogen) atoms. The van der Waals surface area contributed by atoms with E-state index in [1.165, 1.54) is 24.0 Å². The van der Waals surface area contributed by atoms with E-state index in [-0.39, 0.29) is 17.7 Å². The van der Waals surface area contributed by atoms with Gasteiger partial charge in [-0.15, -0.1) is 0 Å². The molecule has 1 aliphatic heterocycles. The van der Waals surface area contributed by atoms with Gasteiger partial charge >= 0.3 is 0 Å². The van der Waals surface area contributed by atoms with Crippen molar-refractivity contribution >= 4 is 15.7 Å².